The Labute approximate surface area is 184 Å². The fraction of sp³-hybridized carbons (Fsp3) is 0.409. The molecule has 0 aromatic carbocycles. The first-order chi connectivity index (χ1) is 15.7. The number of fused-ring (bicyclic) bond motifs is 2. The molecule has 10 nitrogen and oxygen atoms in total. The smallest absolute Gasteiger partial charge is 0.222 e. The number of nitrogens with zero attached hydrogens (tertiary/aromatic N) is 6. The number of aryl methyl sites for hydroxylation is 1. The maximum absolute atomic E-state index is 6.25. The lowest BCUT2D eigenvalue weighted by molar-refractivity contribution is 0.379. The van der Waals surface area contributed by atoms with Gasteiger partial charge in [0.1, 0.15) is 22.8 Å². The standard InChI is InChI=1S/C22H24N8O2/c1-12-8-16(29-32-12)22(11-23)14-5-7-30(10-15(14)22)17-9-25-19-18(27-28-20(19)26-17)13-4-3-6-24-21(13)31-2/h3-4,6,8-9,14-15H,5,7,10-11,23H2,1-2H3,(H,26,27,28). The third-order valence-electron chi connectivity index (χ3n) is 7.07. The number of aromatic amines is 1. The molecule has 6 rings (SSSR count). The first-order valence-corrected chi connectivity index (χ1v) is 10.7. The number of piperidine rings is 1. The van der Waals surface area contributed by atoms with Crippen LogP contribution in [0.25, 0.3) is 22.4 Å². The summed E-state index contributed by atoms with van der Waals surface area (Å²) in [6.07, 6.45) is 4.54. The molecule has 2 fully saturated rings. The molecule has 0 amide bonds. The fourth-order valence-electron chi connectivity index (χ4n) is 5.42. The summed E-state index contributed by atoms with van der Waals surface area (Å²) in [4.78, 5) is 16.1. The molecule has 4 aromatic rings. The number of aromatic nitrogens is 6. The van der Waals surface area contributed by atoms with Gasteiger partial charge in [-0.3, -0.25) is 5.10 Å². The third kappa shape index (κ3) is 2.65. The summed E-state index contributed by atoms with van der Waals surface area (Å²) in [5.41, 5.74) is 9.92. The lowest BCUT2D eigenvalue weighted by Crippen LogP contribution is -2.32. The molecule has 3 N–H and O–H groups in total. The largest absolute Gasteiger partial charge is 0.481 e. The van der Waals surface area contributed by atoms with E-state index in [1.165, 1.54) is 0 Å². The van der Waals surface area contributed by atoms with E-state index in [-0.39, 0.29) is 5.41 Å². The number of rotatable bonds is 5. The number of anilines is 1. The zero-order chi connectivity index (χ0) is 21.9. The molecular weight excluding hydrogens is 408 g/mol. The van der Waals surface area contributed by atoms with Crippen LogP contribution >= 0.6 is 0 Å². The van der Waals surface area contributed by atoms with Crippen LogP contribution in [0, 0.1) is 18.8 Å². The highest BCUT2D eigenvalue weighted by Crippen LogP contribution is 2.62. The van der Waals surface area contributed by atoms with E-state index in [2.05, 4.69) is 25.2 Å². The Bertz CT molecular complexity index is 1300. The minimum atomic E-state index is -0.0952. The van der Waals surface area contributed by atoms with Crippen LogP contribution in [0.3, 0.4) is 0 Å². The predicted octanol–water partition coefficient (Wildman–Crippen LogP) is 2.07. The predicted molar refractivity (Wildman–Crippen MR) is 117 cm³/mol. The van der Waals surface area contributed by atoms with Crippen molar-refractivity contribution in [2.75, 3.05) is 31.6 Å². The molecule has 32 heavy (non-hydrogen) atoms. The normalized spacial score (nSPS) is 24.5. The summed E-state index contributed by atoms with van der Waals surface area (Å²) < 4.78 is 10.7. The van der Waals surface area contributed by atoms with Gasteiger partial charge >= 0.3 is 0 Å². The lowest BCUT2D eigenvalue weighted by atomic mass is 9.97. The Kier molecular flexibility index (Phi) is 4.19. The molecule has 3 unspecified atom stereocenters. The average Bonchev–Trinajstić information content (AvgIpc) is 3.09. The molecular formula is C22H24N8O2. The van der Waals surface area contributed by atoms with Crippen molar-refractivity contribution >= 4 is 17.0 Å². The van der Waals surface area contributed by atoms with Crippen molar-refractivity contribution in [1.82, 2.24) is 30.3 Å². The average molecular weight is 432 g/mol. The van der Waals surface area contributed by atoms with Gasteiger partial charge in [0.05, 0.1) is 24.6 Å². The Morgan fingerprint density at radius 3 is 3.03 bits per heavy atom. The van der Waals surface area contributed by atoms with Crippen LogP contribution < -0.4 is 15.4 Å². The molecule has 1 aliphatic carbocycles. The molecule has 0 bridgehead atoms. The molecule has 4 aromatic heterocycles. The van der Waals surface area contributed by atoms with Crippen LogP contribution in [0.5, 0.6) is 5.88 Å². The van der Waals surface area contributed by atoms with Crippen LogP contribution in [0.1, 0.15) is 17.9 Å². The number of ether oxygens (including phenoxy) is 1. The number of hydrogen-bond donors (Lipinski definition) is 2. The van der Waals surface area contributed by atoms with E-state index >= 15 is 0 Å². The monoisotopic (exact) mass is 432 g/mol. The zero-order valence-corrected chi connectivity index (χ0v) is 17.9. The van der Waals surface area contributed by atoms with Crippen LogP contribution in [0.4, 0.5) is 5.82 Å². The van der Waals surface area contributed by atoms with Crippen LogP contribution in [0.2, 0.25) is 0 Å². The lowest BCUT2D eigenvalue weighted by Gasteiger charge is -2.26. The van der Waals surface area contributed by atoms with Crippen molar-refractivity contribution in [2.45, 2.75) is 18.8 Å². The number of nitrogens with one attached hydrogen (secondary N) is 1. The summed E-state index contributed by atoms with van der Waals surface area (Å²) >= 11 is 0. The van der Waals surface area contributed by atoms with E-state index in [1.807, 2.05) is 31.3 Å². The third-order valence-corrected chi connectivity index (χ3v) is 7.07. The number of nitrogens with two attached hydrogens (primary N) is 1. The summed E-state index contributed by atoms with van der Waals surface area (Å²) in [6.45, 7) is 4.26. The van der Waals surface area contributed by atoms with Crippen LogP contribution in [-0.2, 0) is 5.41 Å². The van der Waals surface area contributed by atoms with Gasteiger partial charge in [-0.05, 0) is 37.3 Å². The van der Waals surface area contributed by atoms with Gasteiger partial charge in [0.15, 0.2) is 5.65 Å². The first-order valence-electron chi connectivity index (χ1n) is 10.7. The van der Waals surface area contributed by atoms with Crippen molar-refractivity contribution in [1.29, 1.82) is 0 Å². The fourth-order valence-corrected chi connectivity index (χ4v) is 5.42. The van der Waals surface area contributed by atoms with Crippen molar-refractivity contribution in [3.8, 4) is 17.1 Å². The van der Waals surface area contributed by atoms with E-state index in [1.54, 1.807) is 13.3 Å². The first kappa shape index (κ1) is 19.2. The summed E-state index contributed by atoms with van der Waals surface area (Å²) in [5.74, 6) is 3.12. The second-order valence-corrected chi connectivity index (χ2v) is 8.57. The maximum atomic E-state index is 6.25. The quantitative estimate of drug-likeness (QED) is 0.486. The number of methoxy groups -OCH3 is 1. The second-order valence-electron chi connectivity index (χ2n) is 8.57. The van der Waals surface area contributed by atoms with E-state index < -0.39 is 0 Å². The van der Waals surface area contributed by atoms with E-state index in [4.69, 9.17) is 25.0 Å². The molecule has 1 aliphatic heterocycles. The van der Waals surface area contributed by atoms with Gasteiger partial charge in [-0.1, -0.05) is 5.16 Å². The van der Waals surface area contributed by atoms with E-state index in [0.29, 0.717) is 41.1 Å². The SMILES string of the molecule is COc1ncccc1-c1n[nH]c2nc(N3CCC4C(C3)C4(CN)c3cc(C)on3)cnc12. The number of pyridine rings is 1. The van der Waals surface area contributed by atoms with Gasteiger partial charge in [0.25, 0.3) is 0 Å². The van der Waals surface area contributed by atoms with Gasteiger partial charge in [-0.25, -0.2) is 15.0 Å². The molecule has 0 spiro atoms. The number of H-pyrrole nitrogens is 1. The zero-order valence-electron chi connectivity index (χ0n) is 17.9. The maximum Gasteiger partial charge on any atom is 0.222 e. The highest BCUT2D eigenvalue weighted by atomic mass is 16.5. The Morgan fingerprint density at radius 2 is 2.25 bits per heavy atom. The molecule has 0 radical (unpaired) electrons. The van der Waals surface area contributed by atoms with Gasteiger partial charge < -0.3 is 19.9 Å². The van der Waals surface area contributed by atoms with Crippen molar-refractivity contribution in [3.63, 3.8) is 0 Å². The molecule has 1 saturated carbocycles. The van der Waals surface area contributed by atoms with Gasteiger partial charge in [-0.2, -0.15) is 5.10 Å². The topological polar surface area (TPSA) is 132 Å². The molecule has 5 heterocycles. The van der Waals surface area contributed by atoms with Crippen LogP contribution in [0.15, 0.2) is 35.1 Å². The molecule has 3 atom stereocenters. The van der Waals surface area contributed by atoms with Crippen molar-refractivity contribution < 1.29 is 9.26 Å². The van der Waals surface area contributed by atoms with Gasteiger partial charge in [-0.15, -0.1) is 0 Å². The summed E-state index contributed by atoms with van der Waals surface area (Å²) in [7, 11) is 1.59. The number of hydrogen-bond acceptors (Lipinski definition) is 9. The Hall–Kier alpha value is -3.53. The minimum absolute atomic E-state index is 0.0952. The van der Waals surface area contributed by atoms with E-state index in [0.717, 1.165) is 42.3 Å². The highest BCUT2D eigenvalue weighted by molar-refractivity contribution is 5.89. The van der Waals surface area contributed by atoms with Crippen molar-refractivity contribution in [3.05, 3.63) is 42.0 Å². The molecule has 1 saturated heterocycles. The molecule has 164 valence electrons. The second kappa shape index (κ2) is 6.99. The van der Waals surface area contributed by atoms with Crippen molar-refractivity contribution in [2.24, 2.45) is 17.6 Å². The highest BCUT2D eigenvalue weighted by Gasteiger charge is 2.67. The van der Waals surface area contributed by atoms with Crippen LogP contribution in [-0.4, -0.2) is 57.1 Å². The van der Waals surface area contributed by atoms with Gasteiger partial charge in [0.2, 0.25) is 5.88 Å². The van der Waals surface area contributed by atoms with Gasteiger partial charge in [0, 0.05) is 37.3 Å². The van der Waals surface area contributed by atoms with E-state index in [9.17, 15) is 0 Å². The molecule has 2 aliphatic rings. The summed E-state index contributed by atoms with van der Waals surface area (Å²) in [6, 6.07) is 5.78. The molecule has 10 heteroatoms. The minimum Gasteiger partial charge on any atom is -0.481 e. The Balaban J connectivity index is 1.29. The summed E-state index contributed by atoms with van der Waals surface area (Å²) in [5, 5.41) is 11.8. The Morgan fingerprint density at radius 1 is 1.34 bits per heavy atom.